The van der Waals surface area contributed by atoms with Crippen molar-refractivity contribution in [3.63, 3.8) is 0 Å². The van der Waals surface area contributed by atoms with E-state index in [0.717, 1.165) is 12.1 Å². The van der Waals surface area contributed by atoms with Gasteiger partial charge in [-0.2, -0.15) is 5.26 Å². The third-order valence-corrected chi connectivity index (χ3v) is 3.56. The maximum Gasteiger partial charge on any atom is 0.0992 e. The Kier molecular flexibility index (Phi) is 5.25. The maximum absolute atomic E-state index is 8.82. The molecule has 0 spiro atoms. The van der Waals surface area contributed by atoms with E-state index in [9.17, 15) is 0 Å². The Hall–Kier alpha value is -1.98. The average molecular weight is 299 g/mol. The summed E-state index contributed by atoms with van der Waals surface area (Å²) in [6, 6.07) is 16.0. The second-order valence-corrected chi connectivity index (χ2v) is 5.98. The number of nitrogens with one attached hydrogen (secondary N) is 1. The fourth-order valence-electron chi connectivity index (χ4n) is 2.19. The van der Waals surface area contributed by atoms with Gasteiger partial charge in [-0.1, -0.05) is 49.7 Å². The van der Waals surface area contributed by atoms with Crippen LogP contribution in [0.4, 0.5) is 5.69 Å². The minimum atomic E-state index is 0.573. The normalized spacial score (nSPS) is 10.4. The highest BCUT2D eigenvalue weighted by molar-refractivity contribution is 6.33. The summed E-state index contributed by atoms with van der Waals surface area (Å²) >= 11 is 6.14. The lowest BCUT2D eigenvalue weighted by Gasteiger charge is -2.10. The van der Waals surface area contributed by atoms with Gasteiger partial charge in [0, 0.05) is 6.54 Å². The van der Waals surface area contributed by atoms with Crippen molar-refractivity contribution in [2.45, 2.75) is 26.8 Å². The molecule has 2 nitrogen and oxygen atoms in total. The molecule has 2 aromatic carbocycles. The van der Waals surface area contributed by atoms with E-state index >= 15 is 0 Å². The van der Waals surface area contributed by atoms with Crippen molar-refractivity contribution in [2.24, 2.45) is 5.92 Å². The summed E-state index contributed by atoms with van der Waals surface area (Å²) in [6.45, 7) is 5.16. The number of nitriles is 1. The van der Waals surface area contributed by atoms with Crippen LogP contribution in [0, 0.1) is 17.2 Å². The number of hydrogen-bond acceptors (Lipinski definition) is 2. The first-order valence-corrected chi connectivity index (χ1v) is 7.47. The molecule has 0 amide bonds. The third-order valence-electron chi connectivity index (χ3n) is 3.25. The molecule has 108 valence electrons. The zero-order valence-electron chi connectivity index (χ0n) is 12.4. The number of halogens is 1. The summed E-state index contributed by atoms with van der Waals surface area (Å²) in [7, 11) is 0. The van der Waals surface area contributed by atoms with Crippen LogP contribution in [-0.4, -0.2) is 0 Å². The SMILES string of the molecule is CC(C)Cc1ccc(CNc2ccc(C#N)cc2Cl)cc1. The highest BCUT2D eigenvalue weighted by atomic mass is 35.5. The van der Waals surface area contributed by atoms with E-state index in [1.807, 2.05) is 6.07 Å². The minimum Gasteiger partial charge on any atom is -0.380 e. The first-order valence-electron chi connectivity index (χ1n) is 7.10. The van der Waals surface area contributed by atoms with Gasteiger partial charge in [-0.05, 0) is 41.7 Å². The molecule has 0 aliphatic carbocycles. The van der Waals surface area contributed by atoms with Gasteiger partial charge in [0.2, 0.25) is 0 Å². The molecule has 0 aromatic heterocycles. The van der Waals surface area contributed by atoms with Crippen molar-refractivity contribution < 1.29 is 0 Å². The summed E-state index contributed by atoms with van der Waals surface area (Å²) in [5, 5.41) is 12.7. The zero-order valence-corrected chi connectivity index (χ0v) is 13.1. The molecule has 2 rings (SSSR count). The quantitative estimate of drug-likeness (QED) is 0.841. The Morgan fingerprint density at radius 1 is 1.10 bits per heavy atom. The van der Waals surface area contributed by atoms with Crippen LogP contribution in [-0.2, 0) is 13.0 Å². The maximum atomic E-state index is 8.82. The second-order valence-electron chi connectivity index (χ2n) is 5.57. The molecule has 0 atom stereocenters. The second kappa shape index (κ2) is 7.15. The van der Waals surface area contributed by atoms with Crippen LogP contribution < -0.4 is 5.32 Å². The van der Waals surface area contributed by atoms with Crippen molar-refractivity contribution in [2.75, 3.05) is 5.32 Å². The minimum absolute atomic E-state index is 0.573. The third kappa shape index (κ3) is 4.51. The molecule has 0 saturated carbocycles. The van der Waals surface area contributed by atoms with Crippen LogP contribution in [0.1, 0.15) is 30.5 Å². The van der Waals surface area contributed by atoms with Crippen molar-refractivity contribution >= 4 is 17.3 Å². The van der Waals surface area contributed by atoms with Gasteiger partial charge in [-0.25, -0.2) is 0 Å². The van der Waals surface area contributed by atoms with Crippen molar-refractivity contribution in [3.05, 3.63) is 64.2 Å². The molecular weight excluding hydrogens is 280 g/mol. The lowest BCUT2D eigenvalue weighted by molar-refractivity contribution is 0.647. The van der Waals surface area contributed by atoms with Gasteiger partial charge in [-0.3, -0.25) is 0 Å². The number of anilines is 1. The largest absolute Gasteiger partial charge is 0.380 e. The van der Waals surface area contributed by atoms with Crippen molar-refractivity contribution in [1.29, 1.82) is 5.26 Å². The van der Waals surface area contributed by atoms with Gasteiger partial charge in [0.25, 0.3) is 0 Å². The predicted octanol–water partition coefficient (Wildman–Crippen LogP) is 5.02. The predicted molar refractivity (Wildman–Crippen MR) is 88.5 cm³/mol. The lowest BCUT2D eigenvalue weighted by atomic mass is 10.0. The van der Waals surface area contributed by atoms with E-state index in [1.54, 1.807) is 12.1 Å². The Bertz CT molecular complexity index is 639. The highest BCUT2D eigenvalue weighted by Crippen LogP contribution is 2.23. The Morgan fingerprint density at radius 2 is 1.76 bits per heavy atom. The molecule has 0 heterocycles. The highest BCUT2D eigenvalue weighted by Gasteiger charge is 2.02. The molecule has 21 heavy (non-hydrogen) atoms. The van der Waals surface area contributed by atoms with Gasteiger partial charge < -0.3 is 5.32 Å². The topological polar surface area (TPSA) is 35.8 Å². The van der Waals surface area contributed by atoms with Gasteiger partial charge in [0.05, 0.1) is 22.3 Å². The number of nitrogens with zero attached hydrogens (tertiary/aromatic N) is 1. The fraction of sp³-hybridized carbons (Fsp3) is 0.278. The van der Waals surface area contributed by atoms with E-state index in [4.69, 9.17) is 16.9 Å². The standard InChI is InChI=1S/C18H19ClN2/c1-13(2)9-14-3-5-15(6-4-14)12-21-18-8-7-16(11-20)10-17(18)19/h3-8,10,13,21H,9,12H2,1-2H3. The first-order chi connectivity index (χ1) is 10.1. The van der Waals surface area contributed by atoms with Crippen LogP contribution >= 0.6 is 11.6 Å². The van der Waals surface area contributed by atoms with Gasteiger partial charge in [-0.15, -0.1) is 0 Å². The molecular formula is C18H19ClN2. The molecule has 0 aliphatic rings. The van der Waals surface area contributed by atoms with Crippen LogP contribution in [0.5, 0.6) is 0 Å². The molecule has 2 aromatic rings. The van der Waals surface area contributed by atoms with Gasteiger partial charge in [0.1, 0.15) is 0 Å². The molecule has 0 saturated heterocycles. The molecule has 0 bridgehead atoms. The summed E-state index contributed by atoms with van der Waals surface area (Å²) in [5.41, 5.74) is 4.00. The molecule has 0 radical (unpaired) electrons. The van der Waals surface area contributed by atoms with E-state index < -0.39 is 0 Å². The van der Waals surface area contributed by atoms with E-state index in [1.165, 1.54) is 11.1 Å². The van der Waals surface area contributed by atoms with Crippen LogP contribution in [0.25, 0.3) is 0 Å². The molecule has 0 fully saturated rings. The lowest BCUT2D eigenvalue weighted by Crippen LogP contribution is -2.01. The average Bonchev–Trinajstić information content (AvgIpc) is 2.47. The summed E-state index contributed by atoms with van der Waals surface area (Å²) < 4.78 is 0. The van der Waals surface area contributed by atoms with E-state index in [-0.39, 0.29) is 0 Å². The molecule has 0 aliphatic heterocycles. The Balaban J connectivity index is 1.98. The Labute approximate surface area is 131 Å². The number of hydrogen-bond donors (Lipinski definition) is 1. The number of rotatable bonds is 5. The van der Waals surface area contributed by atoms with Crippen LogP contribution in [0.2, 0.25) is 5.02 Å². The summed E-state index contributed by atoms with van der Waals surface area (Å²) in [6.07, 6.45) is 1.11. The monoisotopic (exact) mass is 298 g/mol. The van der Waals surface area contributed by atoms with Crippen LogP contribution in [0.15, 0.2) is 42.5 Å². The molecule has 3 heteroatoms. The zero-order chi connectivity index (χ0) is 15.2. The number of benzene rings is 2. The first kappa shape index (κ1) is 15.4. The van der Waals surface area contributed by atoms with Gasteiger partial charge in [0.15, 0.2) is 0 Å². The van der Waals surface area contributed by atoms with Crippen LogP contribution in [0.3, 0.4) is 0 Å². The smallest absolute Gasteiger partial charge is 0.0992 e. The van der Waals surface area contributed by atoms with E-state index in [2.05, 4.69) is 49.5 Å². The van der Waals surface area contributed by atoms with Gasteiger partial charge >= 0.3 is 0 Å². The van der Waals surface area contributed by atoms with Crippen molar-refractivity contribution in [3.8, 4) is 6.07 Å². The summed E-state index contributed by atoms with van der Waals surface area (Å²) in [4.78, 5) is 0. The Morgan fingerprint density at radius 3 is 2.33 bits per heavy atom. The fourth-order valence-corrected chi connectivity index (χ4v) is 2.44. The summed E-state index contributed by atoms with van der Waals surface area (Å²) in [5.74, 6) is 0.673. The molecule has 1 N–H and O–H groups in total. The molecule has 0 unspecified atom stereocenters. The van der Waals surface area contributed by atoms with E-state index in [0.29, 0.717) is 23.0 Å². The van der Waals surface area contributed by atoms with Crippen molar-refractivity contribution in [1.82, 2.24) is 0 Å².